The molecule has 0 bridgehead atoms. The van der Waals surface area contributed by atoms with Crippen LogP contribution < -0.4 is 11.2 Å². The van der Waals surface area contributed by atoms with Crippen molar-refractivity contribution in [3.05, 3.63) is 11.8 Å². The molecule has 0 aliphatic carbocycles. The van der Waals surface area contributed by atoms with Crippen LogP contribution in [-0.4, -0.2) is 24.6 Å². The maximum Gasteiger partial charge on any atom is 0.0379 e. The molecule has 1 heterocycles. The molecule has 0 radical (unpaired) electrons. The molecule has 1 rings (SSSR count). The molecule has 0 spiro atoms. The summed E-state index contributed by atoms with van der Waals surface area (Å²) < 4.78 is 0. The van der Waals surface area contributed by atoms with Gasteiger partial charge in [-0.1, -0.05) is 6.92 Å². The second kappa shape index (κ2) is 3.74. The first-order chi connectivity index (χ1) is 5.22. The van der Waals surface area contributed by atoms with E-state index in [1.165, 1.54) is 5.70 Å². The summed E-state index contributed by atoms with van der Waals surface area (Å²) in [6, 6.07) is 0. The number of nitrogens with zero attached hydrogens (tertiary/aromatic N) is 1. The van der Waals surface area contributed by atoms with Gasteiger partial charge >= 0.3 is 0 Å². The Morgan fingerprint density at radius 3 is 3.00 bits per heavy atom. The van der Waals surface area contributed by atoms with E-state index < -0.39 is 0 Å². The summed E-state index contributed by atoms with van der Waals surface area (Å²) in [5, 5.41) is 2.19. The fourth-order valence-corrected chi connectivity index (χ4v) is 1.16. The molecule has 3 heteroatoms. The quantitative estimate of drug-likeness (QED) is 0.616. The number of nitrogens with one attached hydrogen (secondary N) is 1. The van der Waals surface area contributed by atoms with Crippen molar-refractivity contribution in [3.63, 3.8) is 0 Å². The monoisotopic (exact) mass is 155 g/mol. The molecule has 1 aliphatic heterocycles. The van der Waals surface area contributed by atoms with Crippen molar-refractivity contribution in [3.8, 4) is 0 Å². The maximum absolute atomic E-state index is 5.51. The van der Waals surface area contributed by atoms with E-state index in [0.717, 1.165) is 19.6 Å². The van der Waals surface area contributed by atoms with Crippen LogP contribution in [0.2, 0.25) is 0 Å². The Kier molecular flexibility index (Phi) is 2.91. The number of allylic oxidation sites excluding steroid dienone is 1. The van der Waals surface area contributed by atoms with Gasteiger partial charge in [0, 0.05) is 18.8 Å². The van der Waals surface area contributed by atoms with Crippen molar-refractivity contribution in [2.75, 3.05) is 19.6 Å². The Balaban J connectivity index is 2.20. The summed E-state index contributed by atoms with van der Waals surface area (Å²) >= 11 is 0. The second-order valence-electron chi connectivity index (χ2n) is 3.24. The molecule has 1 aliphatic rings. The van der Waals surface area contributed by atoms with Crippen LogP contribution >= 0.6 is 0 Å². The summed E-state index contributed by atoms with van der Waals surface area (Å²) in [5.74, 6) is 0.571. The first-order valence-corrected chi connectivity index (χ1v) is 4.11. The van der Waals surface area contributed by atoms with Gasteiger partial charge in [0.2, 0.25) is 0 Å². The summed E-state index contributed by atoms with van der Waals surface area (Å²) in [4.78, 5) is 0. The van der Waals surface area contributed by atoms with E-state index in [1.54, 1.807) is 0 Å². The van der Waals surface area contributed by atoms with E-state index in [4.69, 9.17) is 5.73 Å². The van der Waals surface area contributed by atoms with Crippen molar-refractivity contribution in [2.45, 2.75) is 13.8 Å². The van der Waals surface area contributed by atoms with E-state index in [9.17, 15) is 0 Å². The molecule has 1 atom stereocenters. The van der Waals surface area contributed by atoms with Crippen LogP contribution in [0.1, 0.15) is 13.8 Å². The van der Waals surface area contributed by atoms with E-state index in [2.05, 4.69) is 30.4 Å². The van der Waals surface area contributed by atoms with E-state index in [0.29, 0.717) is 5.92 Å². The molecule has 3 nitrogen and oxygen atoms in total. The normalized spacial score (nSPS) is 21.2. The van der Waals surface area contributed by atoms with Crippen molar-refractivity contribution in [2.24, 2.45) is 11.7 Å². The van der Waals surface area contributed by atoms with Gasteiger partial charge < -0.3 is 11.2 Å². The van der Waals surface area contributed by atoms with Crippen molar-refractivity contribution in [1.82, 2.24) is 10.4 Å². The summed E-state index contributed by atoms with van der Waals surface area (Å²) in [6.45, 7) is 7.04. The Hall–Kier alpha value is -0.540. The van der Waals surface area contributed by atoms with Gasteiger partial charge in [0.25, 0.3) is 0 Å². The number of hydrogen-bond donors (Lipinski definition) is 2. The van der Waals surface area contributed by atoms with Crippen LogP contribution in [-0.2, 0) is 0 Å². The molecule has 0 amide bonds. The minimum atomic E-state index is 0.571. The molecular formula is C8H17N3. The fraction of sp³-hybridized carbons (Fsp3) is 0.750. The van der Waals surface area contributed by atoms with Gasteiger partial charge in [0.1, 0.15) is 0 Å². The largest absolute Gasteiger partial charge is 0.330 e. The topological polar surface area (TPSA) is 41.3 Å². The molecule has 0 aromatic rings. The Bertz CT molecular complexity index is 153. The highest BCUT2D eigenvalue weighted by atomic mass is 15.5. The Morgan fingerprint density at radius 2 is 2.55 bits per heavy atom. The van der Waals surface area contributed by atoms with Gasteiger partial charge in [-0.25, -0.2) is 5.01 Å². The number of hydrogen-bond acceptors (Lipinski definition) is 3. The second-order valence-corrected chi connectivity index (χ2v) is 3.24. The molecular weight excluding hydrogens is 138 g/mol. The van der Waals surface area contributed by atoms with E-state index in [-0.39, 0.29) is 0 Å². The summed E-state index contributed by atoms with van der Waals surface area (Å²) in [7, 11) is 0. The van der Waals surface area contributed by atoms with Gasteiger partial charge in [0.05, 0.1) is 0 Å². The number of hydrazine groups is 1. The minimum Gasteiger partial charge on any atom is -0.330 e. The average Bonchev–Trinajstić information content (AvgIpc) is 2.35. The van der Waals surface area contributed by atoms with Crippen LogP contribution in [0.4, 0.5) is 0 Å². The van der Waals surface area contributed by atoms with Gasteiger partial charge in [-0.05, 0) is 25.5 Å². The summed E-state index contributed by atoms with van der Waals surface area (Å²) in [6.07, 6.45) is 2.18. The molecule has 1 unspecified atom stereocenters. The van der Waals surface area contributed by atoms with Gasteiger partial charge in [0.15, 0.2) is 0 Å². The molecule has 64 valence electrons. The predicted molar refractivity (Wildman–Crippen MR) is 46.7 cm³/mol. The maximum atomic E-state index is 5.51. The lowest BCUT2D eigenvalue weighted by Crippen LogP contribution is -2.37. The molecule has 0 aromatic carbocycles. The SMILES string of the molecule is CC1=CCN(CC(C)CN)N1. The molecule has 11 heavy (non-hydrogen) atoms. The predicted octanol–water partition coefficient (Wildman–Crippen LogP) is 0.305. The average molecular weight is 155 g/mol. The lowest BCUT2D eigenvalue weighted by molar-refractivity contribution is 0.225. The number of rotatable bonds is 3. The lowest BCUT2D eigenvalue weighted by Gasteiger charge is -2.20. The Labute approximate surface area is 68.2 Å². The van der Waals surface area contributed by atoms with Gasteiger partial charge in [-0.15, -0.1) is 0 Å². The third-order valence-electron chi connectivity index (χ3n) is 1.89. The van der Waals surface area contributed by atoms with E-state index in [1.807, 2.05) is 0 Å². The van der Waals surface area contributed by atoms with E-state index >= 15 is 0 Å². The van der Waals surface area contributed by atoms with Crippen LogP contribution in [0, 0.1) is 5.92 Å². The zero-order valence-electron chi connectivity index (χ0n) is 7.30. The highest BCUT2D eigenvalue weighted by Gasteiger charge is 2.11. The highest BCUT2D eigenvalue weighted by molar-refractivity contribution is 5.01. The zero-order chi connectivity index (χ0) is 8.27. The molecule has 0 saturated carbocycles. The van der Waals surface area contributed by atoms with Crippen LogP contribution in [0.5, 0.6) is 0 Å². The standard InChI is InChI=1S/C8H17N3/c1-7(5-9)6-11-4-3-8(2)10-11/h3,7,10H,4-6,9H2,1-2H3. The smallest absolute Gasteiger partial charge is 0.0379 e. The fourth-order valence-electron chi connectivity index (χ4n) is 1.16. The first kappa shape index (κ1) is 8.56. The third kappa shape index (κ3) is 2.52. The van der Waals surface area contributed by atoms with Crippen molar-refractivity contribution in [1.29, 1.82) is 0 Å². The lowest BCUT2D eigenvalue weighted by atomic mass is 10.2. The van der Waals surface area contributed by atoms with Crippen molar-refractivity contribution < 1.29 is 0 Å². The molecule has 0 saturated heterocycles. The molecule has 0 fully saturated rings. The Morgan fingerprint density at radius 1 is 1.82 bits per heavy atom. The van der Waals surface area contributed by atoms with Gasteiger partial charge in [-0.2, -0.15) is 0 Å². The third-order valence-corrected chi connectivity index (χ3v) is 1.89. The summed E-state index contributed by atoms with van der Waals surface area (Å²) in [5.41, 5.74) is 10.0. The van der Waals surface area contributed by atoms with Crippen LogP contribution in [0.25, 0.3) is 0 Å². The van der Waals surface area contributed by atoms with Crippen molar-refractivity contribution >= 4 is 0 Å². The van der Waals surface area contributed by atoms with Crippen LogP contribution in [0.15, 0.2) is 11.8 Å². The molecule has 3 N–H and O–H groups in total. The van der Waals surface area contributed by atoms with Crippen LogP contribution in [0.3, 0.4) is 0 Å². The zero-order valence-corrected chi connectivity index (χ0v) is 7.30. The highest BCUT2D eigenvalue weighted by Crippen LogP contribution is 2.03. The number of nitrogens with two attached hydrogens (primary N) is 1. The van der Waals surface area contributed by atoms with Gasteiger partial charge in [-0.3, -0.25) is 0 Å². The molecule has 0 aromatic heterocycles. The first-order valence-electron chi connectivity index (χ1n) is 4.11. The minimum absolute atomic E-state index is 0.571.